The van der Waals surface area contributed by atoms with Gasteiger partial charge in [-0.3, -0.25) is 0 Å². The lowest BCUT2D eigenvalue weighted by Crippen LogP contribution is -1.98. The number of rotatable bonds is 2. The fourth-order valence-electron chi connectivity index (χ4n) is 0.325. The lowest BCUT2D eigenvalue weighted by atomic mass is 10.3. The quantitative estimate of drug-likeness (QED) is 0.663. The van der Waals surface area contributed by atoms with E-state index in [1.165, 1.54) is 5.57 Å². The Labute approximate surface area is 64.8 Å². The van der Waals surface area contributed by atoms with Crippen LogP contribution in [0.5, 0.6) is 0 Å². The normalized spacial score (nSPS) is 14.2. The molecule has 0 saturated carbocycles. The molecule has 0 saturated heterocycles. The molecule has 2 heteroatoms. The molecule has 0 bridgehead atoms. The Hall–Kier alpha value is -0.0800. The van der Waals surface area contributed by atoms with Crippen LogP contribution in [0.15, 0.2) is 22.2 Å². The lowest BCUT2D eigenvalue weighted by molar-refractivity contribution is 1.14. The van der Waals surface area contributed by atoms with Gasteiger partial charge in [0, 0.05) is 6.54 Å². The maximum atomic E-state index is 5.35. The molecular weight excluding hydrogens is 178 g/mol. The van der Waals surface area contributed by atoms with Crippen molar-refractivity contribution in [2.75, 3.05) is 6.54 Å². The third-order valence-corrected chi connectivity index (χ3v) is 1.18. The summed E-state index contributed by atoms with van der Waals surface area (Å²) in [5.41, 5.74) is 6.53. The summed E-state index contributed by atoms with van der Waals surface area (Å²) < 4.78 is 1.12. The zero-order valence-corrected chi connectivity index (χ0v) is 7.40. The highest BCUT2D eigenvalue weighted by atomic mass is 79.9. The second-order valence-electron chi connectivity index (χ2n) is 1.97. The van der Waals surface area contributed by atoms with Crippen molar-refractivity contribution in [3.8, 4) is 0 Å². The predicted octanol–water partition coefficient (Wildman–Crippen LogP) is 2.19. The summed E-state index contributed by atoms with van der Waals surface area (Å²) in [5, 5.41) is 0. The summed E-state index contributed by atoms with van der Waals surface area (Å²) in [6.07, 6.45) is 3.99. The first-order chi connectivity index (χ1) is 4.16. The van der Waals surface area contributed by atoms with Gasteiger partial charge in [0.15, 0.2) is 0 Å². The second-order valence-corrected chi connectivity index (χ2v) is 3.22. The first-order valence-electron chi connectivity index (χ1n) is 2.86. The maximum Gasteiger partial charge on any atom is 0.0137 e. The Morgan fingerprint density at radius 1 is 1.44 bits per heavy atom. The predicted molar refractivity (Wildman–Crippen MR) is 45.5 cm³/mol. The maximum absolute atomic E-state index is 5.35. The van der Waals surface area contributed by atoms with Crippen LogP contribution < -0.4 is 5.73 Å². The summed E-state index contributed by atoms with van der Waals surface area (Å²) >= 11 is 3.31. The largest absolute Gasteiger partial charge is 0.327 e. The Kier molecular flexibility index (Phi) is 4.72. The summed E-state index contributed by atoms with van der Waals surface area (Å²) in [5.74, 6) is 0. The molecule has 0 rings (SSSR count). The van der Waals surface area contributed by atoms with Gasteiger partial charge in [-0.05, 0) is 18.3 Å². The van der Waals surface area contributed by atoms with Crippen molar-refractivity contribution in [3.05, 3.63) is 22.2 Å². The first-order valence-corrected chi connectivity index (χ1v) is 3.65. The molecule has 0 radical (unpaired) electrons. The van der Waals surface area contributed by atoms with Crippen LogP contribution in [0.2, 0.25) is 0 Å². The van der Waals surface area contributed by atoms with Crippen LogP contribution >= 0.6 is 15.9 Å². The summed E-state index contributed by atoms with van der Waals surface area (Å²) in [6, 6.07) is 0. The molecule has 0 aliphatic rings. The molecule has 0 aliphatic heterocycles. The second kappa shape index (κ2) is 4.77. The standard InChI is InChI=1S/C7H12BrN/c1-6(5-9)3-4-7(2)8/h3-4H,5,9H2,1-2H3. The fourth-order valence-corrected chi connectivity index (χ4v) is 0.457. The zero-order valence-electron chi connectivity index (χ0n) is 5.82. The third kappa shape index (κ3) is 5.80. The minimum absolute atomic E-state index is 0.636. The van der Waals surface area contributed by atoms with E-state index in [2.05, 4.69) is 15.9 Å². The van der Waals surface area contributed by atoms with E-state index < -0.39 is 0 Å². The Morgan fingerprint density at radius 2 is 2.00 bits per heavy atom. The fraction of sp³-hybridized carbons (Fsp3) is 0.429. The molecule has 52 valence electrons. The van der Waals surface area contributed by atoms with Gasteiger partial charge >= 0.3 is 0 Å². The number of allylic oxidation sites excluding steroid dienone is 3. The van der Waals surface area contributed by atoms with Crippen LogP contribution in [0, 0.1) is 0 Å². The van der Waals surface area contributed by atoms with Gasteiger partial charge in [-0.2, -0.15) is 0 Å². The molecule has 0 amide bonds. The van der Waals surface area contributed by atoms with Crippen LogP contribution in [0.25, 0.3) is 0 Å². The monoisotopic (exact) mass is 189 g/mol. The van der Waals surface area contributed by atoms with Crippen molar-refractivity contribution in [2.45, 2.75) is 13.8 Å². The molecule has 0 aromatic heterocycles. The van der Waals surface area contributed by atoms with E-state index in [9.17, 15) is 0 Å². The van der Waals surface area contributed by atoms with Gasteiger partial charge in [0.1, 0.15) is 0 Å². The van der Waals surface area contributed by atoms with E-state index in [4.69, 9.17) is 5.73 Å². The van der Waals surface area contributed by atoms with Gasteiger partial charge in [-0.15, -0.1) is 0 Å². The van der Waals surface area contributed by atoms with E-state index in [1.54, 1.807) is 0 Å². The molecule has 2 N–H and O–H groups in total. The van der Waals surface area contributed by atoms with E-state index in [-0.39, 0.29) is 0 Å². The van der Waals surface area contributed by atoms with Gasteiger partial charge < -0.3 is 5.73 Å². The molecular formula is C7H12BrN. The average Bonchev–Trinajstić information content (AvgIpc) is 1.83. The number of hydrogen-bond acceptors (Lipinski definition) is 1. The van der Waals surface area contributed by atoms with Crippen molar-refractivity contribution >= 4 is 15.9 Å². The van der Waals surface area contributed by atoms with Crippen LogP contribution in [0.3, 0.4) is 0 Å². The highest BCUT2D eigenvalue weighted by Gasteiger charge is 1.79. The van der Waals surface area contributed by atoms with Crippen molar-refractivity contribution in [3.63, 3.8) is 0 Å². The summed E-state index contributed by atoms with van der Waals surface area (Å²) in [7, 11) is 0. The lowest BCUT2D eigenvalue weighted by Gasteiger charge is -1.89. The van der Waals surface area contributed by atoms with E-state index in [0.717, 1.165) is 4.48 Å². The molecule has 0 aromatic carbocycles. The molecule has 0 spiro atoms. The summed E-state index contributed by atoms with van der Waals surface area (Å²) in [4.78, 5) is 0. The molecule has 1 nitrogen and oxygen atoms in total. The SMILES string of the molecule is CC(Br)=CC=C(C)CN. The van der Waals surface area contributed by atoms with E-state index in [0.29, 0.717) is 6.54 Å². The van der Waals surface area contributed by atoms with E-state index >= 15 is 0 Å². The van der Waals surface area contributed by atoms with Crippen LogP contribution in [0.4, 0.5) is 0 Å². The minimum atomic E-state index is 0.636. The molecule has 0 heterocycles. The van der Waals surface area contributed by atoms with Gasteiger partial charge in [0.25, 0.3) is 0 Å². The number of halogens is 1. The van der Waals surface area contributed by atoms with Gasteiger partial charge in [-0.25, -0.2) is 0 Å². The van der Waals surface area contributed by atoms with Crippen LogP contribution in [0.1, 0.15) is 13.8 Å². The Morgan fingerprint density at radius 3 is 2.33 bits per heavy atom. The van der Waals surface area contributed by atoms with Crippen molar-refractivity contribution < 1.29 is 0 Å². The van der Waals surface area contributed by atoms with Gasteiger partial charge in [0.2, 0.25) is 0 Å². The van der Waals surface area contributed by atoms with Crippen molar-refractivity contribution in [1.82, 2.24) is 0 Å². The molecule has 0 fully saturated rings. The number of hydrogen-bond donors (Lipinski definition) is 1. The van der Waals surface area contributed by atoms with Crippen LogP contribution in [-0.2, 0) is 0 Å². The highest BCUT2D eigenvalue weighted by molar-refractivity contribution is 9.11. The Balaban J connectivity index is 3.83. The van der Waals surface area contributed by atoms with Crippen molar-refractivity contribution in [1.29, 1.82) is 0 Å². The highest BCUT2D eigenvalue weighted by Crippen LogP contribution is 2.02. The van der Waals surface area contributed by atoms with Crippen LogP contribution in [-0.4, -0.2) is 6.54 Å². The molecule has 0 atom stereocenters. The van der Waals surface area contributed by atoms with Gasteiger partial charge in [-0.1, -0.05) is 33.7 Å². The smallest absolute Gasteiger partial charge is 0.0137 e. The molecule has 0 aromatic rings. The Bertz CT molecular complexity index is 132. The zero-order chi connectivity index (χ0) is 7.28. The topological polar surface area (TPSA) is 26.0 Å². The van der Waals surface area contributed by atoms with E-state index in [1.807, 2.05) is 26.0 Å². The summed E-state index contributed by atoms with van der Waals surface area (Å²) in [6.45, 7) is 4.63. The molecule has 0 aliphatic carbocycles. The van der Waals surface area contributed by atoms with Gasteiger partial charge in [0.05, 0.1) is 0 Å². The first kappa shape index (κ1) is 8.92. The van der Waals surface area contributed by atoms with Crippen molar-refractivity contribution in [2.24, 2.45) is 5.73 Å². The number of nitrogens with two attached hydrogens (primary N) is 1. The molecule has 9 heavy (non-hydrogen) atoms. The molecule has 0 unspecified atom stereocenters. The third-order valence-electron chi connectivity index (χ3n) is 0.919. The minimum Gasteiger partial charge on any atom is -0.327 e. The average molecular weight is 190 g/mol.